The van der Waals surface area contributed by atoms with Crippen LogP contribution in [0.15, 0.2) is 24.4 Å². The van der Waals surface area contributed by atoms with Gasteiger partial charge >= 0.3 is 0 Å². The number of rotatable bonds is 7. The number of hydrogen-bond acceptors (Lipinski definition) is 5. The van der Waals surface area contributed by atoms with Gasteiger partial charge in [-0.1, -0.05) is 0 Å². The Morgan fingerprint density at radius 3 is 2.36 bits per heavy atom. The van der Waals surface area contributed by atoms with Crippen LogP contribution >= 0.6 is 0 Å². The number of methoxy groups -OCH3 is 3. The van der Waals surface area contributed by atoms with Crippen LogP contribution in [-0.2, 0) is 6.42 Å². The Labute approximate surface area is 128 Å². The van der Waals surface area contributed by atoms with E-state index < -0.39 is 0 Å². The molecular weight excluding hydrogens is 286 g/mol. The van der Waals surface area contributed by atoms with Crippen LogP contribution in [0.3, 0.4) is 0 Å². The van der Waals surface area contributed by atoms with Gasteiger partial charge in [-0.2, -0.15) is 5.10 Å². The highest BCUT2D eigenvalue weighted by Crippen LogP contribution is 2.38. The Morgan fingerprint density at radius 2 is 1.86 bits per heavy atom. The largest absolute Gasteiger partial charge is 0.493 e. The van der Waals surface area contributed by atoms with Crippen molar-refractivity contribution in [3.63, 3.8) is 0 Å². The van der Waals surface area contributed by atoms with Crippen molar-refractivity contribution < 1.29 is 19.0 Å². The molecule has 7 heteroatoms. The molecule has 0 aliphatic carbocycles. The summed E-state index contributed by atoms with van der Waals surface area (Å²) in [6.07, 6.45) is 2.35. The van der Waals surface area contributed by atoms with E-state index in [1.54, 1.807) is 18.3 Å². The van der Waals surface area contributed by atoms with Gasteiger partial charge in [-0.3, -0.25) is 9.89 Å². The molecule has 1 aromatic heterocycles. The normalized spacial score (nSPS) is 10.1. The van der Waals surface area contributed by atoms with Gasteiger partial charge in [0.25, 0.3) is 5.91 Å². The van der Waals surface area contributed by atoms with Crippen molar-refractivity contribution in [3.05, 3.63) is 35.7 Å². The van der Waals surface area contributed by atoms with E-state index in [9.17, 15) is 4.79 Å². The summed E-state index contributed by atoms with van der Waals surface area (Å²) in [6.45, 7) is 0.498. The molecule has 0 aliphatic heterocycles. The summed E-state index contributed by atoms with van der Waals surface area (Å²) in [4.78, 5) is 12.2. The van der Waals surface area contributed by atoms with Gasteiger partial charge in [-0.15, -0.1) is 0 Å². The number of nitrogens with one attached hydrogen (secondary N) is 2. The number of H-pyrrole nitrogens is 1. The third-order valence-corrected chi connectivity index (χ3v) is 3.17. The van der Waals surface area contributed by atoms with Gasteiger partial charge in [0.2, 0.25) is 5.75 Å². The van der Waals surface area contributed by atoms with Crippen molar-refractivity contribution >= 4 is 5.91 Å². The zero-order valence-electron chi connectivity index (χ0n) is 12.8. The summed E-state index contributed by atoms with van der Waals surface area (Å²) in [5, 5.41) is 9.54. The lowest BCUT2D eigenvalue weighted by atomic mass is 10.1. The van der Waals surface area contributed by atoms with Gasteiger partial charge in [0.05, 0.1) is 21.3 Å². The minimum atomic E-state index is -0.209. The molecule has 2 rings (SSSR count). The number of aromatic amines is 1. The van der Waals surface area contributed by atoms with E-state index in [4.69, 9.17) is 14.2 Å². The Hall–Kier alpha value is -2.70. The van der Waals surface area contributed by atoms with E-state index in [-0.39, 0.29) is 5.91 Å². The number of hydrogen-bond donors (Lipinski definition) is 2. The average Bonchev–Trinajstić information content (AvgIpc) is 3.06. The molecule has 7 nitrogen and oxygen atoms in total. The number of benzene rings is 1. The fourth-order valence-corrected chi connectivity index (χ4v) is 2.05. The molecule has 0 unspecified atom stereocenters. The molecule has 0 radical (unpaired) electrons. The lowest BCUT2D eigenvalue weighted by Gasteiger charge is -2.14. The van der Waals surface area contributed by atoms with Crippen LogP contribution in [0.25, 0.3) is 0 Å². The fourth-order valence-electron chi connectivity index (χ4n) is 2.05. The maximum Gasteiger partial charge on any atom is 0.251 e. The monoisotopic (exact) mass is 305 g/mol. The number of amides is 1. The molecule has 0 spiro atoms. The lowest BCUT2D eigenvalue weighted by molar-refractivity contribution is 0.0953. The van der Waals surface area contributed by atoms with Crippen LogP contribution in [-0.4, -0.2) is 44.0 Å². The molecule has 1 aromatic carbocycles. The molecule has 22 heavy (non-hydrogen) atoms. The SMILES string of the molecule is COc1cc(C(=O)NCCc2ccn[nH]2)cc(OC)c1OC. The molecule has 0 aliphatic rings. The molecule has 0 atom stereocenters. The Kier molecular flexibility index (Phi) is 5.24. The van der Waals surface area contributed by atoms with Gasteiger partial charge in [0.1, 0.15) is 0 Å². The van der Waals surface area contributed by atoms with E-state index in [2.05, 4.69) is 15.5 Å². The van der Waals surface area contributed by atoms with Crippen molar-refractivity contribution in [3.8, 4) is 17.2 Å². The van der Waals surface area contributed by atoms with Crippen molar-refractivity contribution in [2.24, 2.45) is 0 Å². The second-order valence-electron chi connectivity index (χ2n) is 4.50. The second-order valence-corrected chi connectivity index (χ2v) is 4.50. The number of carbonyl (C=O) groups is 1. The Balaban J connectivity index is 2.08. The highest BCUT2D eigenvalue weighted by Gasteiger charge is 2.16. The molecule has 1 amide bonds. The minimum absolute atomic E-state index is 0.209. The molecule has 2 aromatic rings. The van der Waals surface area contributed by atoms with E-state index in [0.717, 1.165) is 5.69 Å². The van der Waals surface area contributed by atoms with E-state index in [1.807, 2.05) is 6.07 Å². The zero-order chi connectivity index (χ0) is 15.9. The van der Waals surface area contributed by atoms with Crippen molar-refractivity contribution in [2.45, 2.75) is 6.42 Å². The first kappa shape index (κ1) is 15.7. The first-order chi connectivity index (χ1) is 10.7. The second kappa shape index (κ2) is 7.35. The minimum Gasteiger partial charge on any atom is -0.493 e. The third-order valence-electron chi connectivity index (χ3n) is 3.17. The summed E-state index contributed by atoms with van der Waals surface area (Å²) in [7, 11) is 4.54. The topological polar surface area (TPSA) is 85.5 Å². The molecule has 0 fully saturated rings. The number of carbonyl (C=O) groups excluding carboxylic acids is 1. The predicted molar refractivity (Wildman–Crippen MR) is 80.7 cm³/mol. The number of ether oxygens (including phenoxy) is 3. The van der Waals surface area contributed by atoms with Crippen LogP contribution in [0.4, 0.5) is 0 Å². The van der Waals surface area contributed by atoms with E-state index in [1.165, 1.54) is 21.3 Å². The summed E-state index contributed by atoms with van der Waals surface area (Å²) in [5.74, 6) is 1.14. The van der Waals surface area contributed by atoms with Crippen LogP contribution < -0.4 is 19.5 Å². The van der Waals surface area contributed by atoms with Gasteiger partial charge in [-0.25, -0.2) is 0 Å². The average molecular weight is 305 g/mol. The van der Waals surface area contributed by atoms with E-state index in [0.29, 0.717) is 35.8 Å². The maximum absolute atomic E-state index is 12.2. The third kappa shape index (κ3) is 3.49. The Morgan fingerprint density at radius 1 is 1.18 bits per heavy atom. The highest BCUT2D eigenvalue weighted by molar-refractivity contribution is 5.95. The summed E-state index contributed by atoms with van der Waals surface area (Å²) in [5.41, 5.74) is 1.41. The highest BCUT2D eigenvalue weighted by atomic mass is 16.5. The van der Waals surface area contributed by atoms with Crippen LogP contribution in [0, 0.1) is 0 Å². The van der Waals surface area contributed by atoms with Gasteiger partial charge in [-0.05, 0) is 18.2 Å². The first-order valence-electron chi connectivity index (χ1n) is 6.76. The molecule has 0 saturated heterocycles. The Bertz CT molecular complexity index is 601. The summed E-state index contributed by atoms with van der Waals surface area (Å²) >= 11 is 0. The molecule has 2 N–H and O–H groups in total. The molecular formula is C15H19N3O4. The fraction of sp³-hybridized carbons (Fsp3) is 0.333. The summed E-state index contributed by atoms with van der Waals surface area (Å²) < 4.78 is 15.7. The zero-order valence-corrected chi connectivity index (χ0v) is 12.8. The van der Waals surface area contributed by atoms with Crippen LogP contribution in [0.1, 0.15) is 16.1 Å². The van der Waals surface area contributed by atoms with Crippen LogP contribution in [0.2, 0.25) is 0 Å². The molecule has 1 heterocycles. The standard InChI is InChI=1S/C15H19N3O4/c1-20-12-8-10(9-13(21-2)14(12)22-3)15(19)16-6-4-11-5-7-17-18-11/h5,7-9H,4,6H2,1-3H3,(H,16,19)(H,17,18). The van der Waals surface area contributed by atoms with E-state index >= 15 is 0 Å². The molecule has 0 bridgehead atoms. The number of aromatic nitrogens is 2. The lowest BCUT2D eigenvalue weighted by Crippen LogP contribution is -2.25. The van der Waals surface area contributed by atoms with Gasteiger partial charge in [0, 0.05) is 30.4 Å². The quantitative estimate of drug-likeness (QED) is 0.808. The first-order valence-corrected chi connectivity index (χ1v) is 6.76. The van der Waals surface area contributed by atoms with Crippen molar-refractivity contribution in [1.82, 2.24) is 15.5 Å². The van der Waals surface area contributed by atoms with Gasteiger partial charge in [0.15, 0.2) is 11.5 Å². The molecule has 0 saturated carbocycles. The van der Waals surface area contributed by atoms with Gasteiger partial charge < -0.3 is 19.5 Å². The molecule has 118 valence electrons. The van der Waals surface area contributed by atoms with Crippen LogP contribution in [0.5, 0.6) is 17.2 Å². The summed E-state index contributed by atoms with van der Waals surface area (Å²) in [6, 6.07) is 5.10. The predicted octanol–water partition coefficient (Wildman–Crippen LogP) is 1.41. The smallest absolute Gasteiger partial charge is 0.251 e. The number of nitrogens with zero attached hydrogens (tertiary/aromatic N) is 1. The van der Waals surface area contributed by atoms with Crippen molar-refractivity contribution in [2.75, 3.05) is 27.9 Å². The van der Waals surface area contributed by atoms with Crippen molar-refractivity contribution in [1.29, 1.82) is 0 Å². The maximum atomic E-state index is 12.2.